The molecule has 0 saturated carbocycles. The van der Waals surface area contributed by atoms with E-state index in [1.54, 1.807) is 6.92 Å². The molecule has 4 nitrogen and oxygen atoms in total. The Morgan fingerprint density at radius 3 is 2.89 bits per heavy atom. The van der Waals surface area contributed by atoms with Crippen LogP contribution in [0.4, 0.5) is 0 Å². The summed E-state index contributed by atoms with van der Waals surface area (Å²) in [6.45, 7) is 2.64. The Morgan fingerprint density at radius 1 is 1.39 bits per heavy atom. The minimum absolute atomic E-state index is 0.271. The van der Waals surface area contributed by atoms with Gasteiger partial charge in [0.15, 0.2) is 0 Å². The number of hydrogen-bond acceptors (Lipinski definition) is 4. The van der Waals surface area contributed by atoms with Gasteiger partial charge in [-0.1, -0.05) is 18.2 Å². The Kier molecular flexibility index (Phi) is 3.87. The van der Waals surface area contributed by atoms with Crippen molar-refractivity contribution in [2.75, 3.05) is 20.3 Å². The van der Waals surface area contributed by atoms with Crippen molar-refractivity contribution in [2.45, 2.75) is 13.3 Å². The highest BCUT2D eigenvalue weighted by molar-refractivity contribution is 5.96. The fourth-order valence-corrected chi connectivity index (χ4v) is 2.00. The molecular formula is C14H16O4. The molecule has 0 spiro atoms. The van der Waals surface area contributed by atoms with Gasteiger partial charge in [0.05, 0.1) is 20.3 Å². The topological polar surface area (TPSA) is 44.8 Å². The highest BCUT2D eigenvalue weighted by Gasteiger charge is 2.24. The van der Waals surface area contributed by atoms with Crippen molar-refractivity contribution < 1.29 is 19.0 Å². The molecule has 0 N–H and O–H groups in total. The first kappa shape index (κ1) is 12.5. The summed E-state index contributed by atoms with van der Waals surface area (Å²) in [6.07, 6.45) is 0.638. The first-order valence-electron chi connectivity index (χ1n) is 5.94. The average molecular weight is 248 g/mol. The maximum Gasteiger partial charge on any atom is 0.373 e. The second-order valence-corrected chi connectivity index (χ2v) is 3.83. The zero-order valence-corrected chi connectivity index (χ0v) is 10.6. The van der Waals surface area contributed by atoms with Crippen LogP contribution < -0.4 is 4.74 Å². The predicted molar refractivity (Wildman–Crippen MR) is 67.1 cm³/mol. The number of rotatable bonds is 3. The van der Waals surface area contributed by atoms with E-state index < -0.39 is 5.97 Å². The number of carbonyl (C=O) groups is 1. The fraction of sp³-hybridized carbons (Fsp3) is 0.357. The third kappa shape index (κ3) is 2.32. The monoisotopic (exact) mass is 248 g/mol. The van der Waals surface area contributed by atoms with Crippen LogP contribution in [0, 0.1) is 0 Å². The van der Waals surface area contributed by atoms with Crippen LogP contribution in [0.5, 0.6) is 5.75 Å². The van der Waals surface area contributed by atoms with E-state index in [0.29, 0.717) is 19.6 Å². The minimum atomic E-state index is -0.424. The lowest BCUT2D eigenvalue weighted by atomic mass is 9.98. The van der Waals surface area contributed by atoms with Crippen molar-refractivity contribution in [3.63, 3.8) is 0 Å². The molecule has 0 radical (unpaired) electrons. The lowest BCUT2D eigenvalue weighted by Gasteiger charge is -2.21. The van der Waals surface area contributed by atoms with Crippen LogP contribution in [0.25, 0.3) is 5.57 Å². The van der Waals surface area contributed by atoms with E-state index in [-0.39, 0.29) is 5.76 Å². The summed E-state index contributed by atoms with van der Waals surface area (Å²) in [5, 5.41) is 0. The number of methoxy groups -OCH3 is 1. The van der Waals surface area contributed by atoms with Crippen LogP contribution in [-0.2, 0) is 14.3 Å². The third-order valence-electron chi connectivity index (χ3n) is 2.76. The molecule has 0 aromatic heterocycles. The van der Waals surface area contributed by atoms with Gasteiger partial charge in [0.2, 0.25) is 5.76 Å². The molecule has 1 aliphatic rings. The van der Waals surface area contributed by atoms with Crippen LogP contribution in [0.2, 0.25) is 0 Å². The average Bonchev–Trinajstić information content (AvgIpc) is 2.40. The molecule has 0 bridgehead atoms. The number of fused-ring (bicyclic) bond motifs is 1. The molecule has 96 valence electrons. The van der Waals surface area contributed by atoms with Crippen molar-refractivity contribution >= 4 is 11.5 Å². The minimum Gasteiger partial charge on any atom is -0.493 e. The molecule has 1 heterocycles. The quantitative estimate of drug-likeness (QED) is 0.468. The SMILES string of the molecule is CCOC(=O)C(OC)=C1CCOc2ccccc21. The van der Waals surface area contributed by atoms with Crippen molar-refractivity contribution in [1.82, 2.24) is 0 Å². The van der Waals surface area contributed by atoms with Crippen LogP contribution in [-0.4, -0.2) is 26.3 Å². The Morgan fingerprint density at radius 2 is 2.17 bits per heavy atom. The van der Waals surface area contributed by atoms with Gasteiger partial charge in [-0.2, -0.15) is 0 Å². The molecule has 0 unspecified atom stereocenters. The van der Waals surface area contributed by atoms with Gasteiger partial charge in [-0.25, -0.2) is 4.79 Å². The molecule has 4 heteroatoms. The maximum atomic E-state index is 11.8. The van der Waals surface area contributed by atoms with Crippen molar-refractivity contribution in [2.24, 2.45) is 0 Å². The van der Waals surface area contributed by atoms with Crippen LogP contribution in [0.3, 0.4) is 0 Å². The van der Waals surface area contributed by atoms with Gasteiger partial charge in [-0.3, -0.25) is 0 Å². The van der Waals surface area contributed by atoms with Gasteiger partial charge in [0, 0.05) is 17.6 Å². The van der Waals surface area contributed by atoms with Crippen LogP contribution >= 0.6 is 0 Å². The fourth-order valence-electron chi connectivity index (χ4n) is 2.00. The van der Waals surface area contributed by atoms with E-state index >= 15 is 0 Å². The molecule has 18 heavy (non-hydrogen) atoms. The van der Waals surface area contributed by atoms with Crippen molar-refractivity contribution in [3.05, 3.63) is 35.6 Å². The van der Waals surface area contributed by atoms with E-state index in [0.717, 1.165) is 16.9 Å². The normalized spacial score (nSPS) is 16.3. The summed E-state index contributed by atoms with van der Waals surface area (Å²) in [5.41, 5.74) is 1.74. The summed E-state index contributed by atoms with van der Waals surface area (Å²) < 4.78 is 15.8. The Balaban J connectivity index is 2.45. The summed E-state index contributed by atoms with van der Waals surface area (Å²) in [7, 11) is 1.48. The van der Waals surface area contributed by atoms with Crippen LogP contribution in [0.15, 0.2) is 30.0 Å². The van der Waals surface area contributed by atoms with Gasteiger partial charge in [0.1, 0.15) is 5.75 Å². The van der Waals surface area contributed by atoms with Gasteiger partial charge in [0.25, 0.3) is 0 Å². The molecule has 1 aromatic rings. The third-order valence-corrected chi connectivity index (χ3v) is 2.76. The summed E-state index contributed by atoms with van der Waals surface area (Å²) in [4.78, 5) is 11.8. The van der Waals surface area contributed by atoms with Crippen LogP contribution in [0.1, 0.15) is 18.9 Å². The second-order valence-electron chi connectivity index (χ2n) is 3.83. The standard InChI is InChI=1S/C14H16O4/c1-3-17-14(15)13(16-2)11-8-9-18-12-7-5-4-6-10(11)12/h4-7H,3,8-9H2,1-2H3. The number of ether oxygens (including phenoxy) is 3. The first-order valence-corrected chi connectivity index (χ1v) is 5.94. The Labute approximate surface area is 106 Å². The summed E-state index contributed by atoms with van der Waals surface area (Å²) in [5.74, 6) is 0.622. The number of hydrogen-bond donors (Lipinski definition) is 0. The van der Waals surface area contributed by atoms with Gasteiger partial charge in [-0.15, -0.1) is 0 Å². The van der Waals surface area contributed by atoms with Crippen molar-refractivity contribution in [3.8, 4) is 5.75 Å². The number of carbonyl (C=O) groups excluding carboxylic acids is 1. The highest BCUT2D eigenvalue weighted by Crippen LogP contribution is 2.35. The molecular weight excluding hydrogens is 232 g/mol. The lowest BCUT2D eigenvalue weighted by Crippen LogP contribution is -2.16. The lowest BCUT2D eigenvalue weighted by molar-refractivity contribution is -0.141. The second kappa shape index (κ2) is 5.58. The first-order chi connectivity index (χ1) is 8.77. The number of esters is 1. The Bertz CT molecular complexity index is 476. The molecule has 0 amide bonds. The van der Waals surface area contributed by atoms with Crippen molar-refractivity contribution in [1.29, 1.82) is 0 Å². The maximum absolute atomic E-state index is 11.8. The zero-order valence-electron chi connectivity index (χ0n) is 10.6. The molecule has 0 atom stereocenters. The molecule has 0 saturated heterocycles. The van der Waals surface area contributed by atoms with E-state index in [9.17, 15) is 4.79 Å². The summed E-state index contributed by atoms with van der Waals surface area (Å²) >= 11 is 0. The number of benzene rings is 1. The van der Waals surface area contributed by atoms with E-state index in [1.807, 2.05) is 24.3 Å². The molecule has 0 aliphatic carbocycles. The highest BCUT2D eigenvalue weighted by atomic mass is 16.6. The molecule has 1 aliphatic heterocycles. The molecule has 0 fully saturated rings. The van der Waals surface area contributed by atoms with Gasteiger partial charge >= 0.3 is 5.97 Å². The smallest absolute Gasteiger partial charge is 0.373 e. The predicted octanol–water partition coefficient (Wildman–Crippen LogP) is 2.39. The van der Waals surface area contributed by atoms with E-state index in [1.165, 1.54) is 7.11 Å². The zero-order chi connectivity index (χ0) is 13.0. The molecule has 2 rings (SSSR count). The largest absolute Gasteiger partial charge is 0.493 e. The summed E-state index contributed by atoms with van der Waals surface area (Å²) in [6, 6.07) is 7.61. The van der Waals surface area contributed by atoms with E-state index in [2.05, 4.69) is 0 Å². The molecule has 1 aromatic carbocycles. The van der Waals surface area contributed by atoms with E-state index in [4.69, 9.17) is 14.2 Å². The van der Waals surface area contributed by atoms with Gasteiger partial charge < -0.3 is 14.2 Å². The Hall–Kier alpha value is -1.97. The number of para-hydroxylation sites is 1. The van der Waals surface area contributed by atoms with Gasteiger partial charge in [-0.05, 0) is 13.0 Å².